The van der Waals surface area contributed by atoms with E-state index in [2.05, 4.69) is 23.7 Å². The molecule has 0 saturated heterocycles. The van der Waals surface area contributed by atoms with Gasteiger partial charge in [0.25, 0.3) is 0 Å². The Balaban J connectivity index is 2.67. The van der Waals surface area contributed by atoms with Gasteiger partial charge in [-0.15, -0.1) is 0 Å². The van der Waals surface area contributed by atoms with Crippen LogP contribution in [0.2, 0.25) is 0 Å². The van der Waals surface area contributed by atoms with Crippen LogP contribution in [0.25, 0.3) is 10.9 Å². The molecule has 0 aliphatic heterocycles. The molecule has 5 nitrogen and oxygen atoms in total. The van der Waals surface area contributed by atoms with Crippen molar-refractivity contribution in [2.24, 2.45) is 5.73 Å². The Morgan fingerprint density at radius 1 is 1.43 bits per heavy atom. The van der Waals surface area contributed by atoms with Crippen molar-refractivity contribution in [3.05, 3.63) is 36.0 Å². The molecule has 1 aromatic carbocycles. The molecule has 2 rings (SSSR count). The maximum absolute atomic E-state index is 7.84. The number of anilines is 1. The molecule has 1 heterocycles. The van der Waals surface area contributed by atoms with Crippen LogP contribution in [0.3, 0.4) is 0 Å². The zero-order chi connectivity index (χ0) is 15.4. The number of likely N-dealkylation sites (N-methyl/N-ethyl adjacent to an activating group) is 1. The SMILES string of the molecule is CCN(c1c(C(=N)N)cnc2ccccc12)C(C)COC. The lowest BCUT2D eigenvalue weighted by Gasteiger charge is -2.32. The highest BCUT2D eigenvalue weighted by Gasteiger charge is 2.20. The summed E-state index contributed by atoms with van der Waals surface area (Å²) in [5, 5.41) is 8.85. The van der Waals surface area contributed by atoms with Gasteiger partial charge in [-0.2, -0.15) is 0 Å². The molecule has 3 N–H and O–H groups in total. The van der Waals surface area contributed by atoms with E-state index in [-0.39, 0.29) is 11.9 Å². The number of hydrogen-bond acceptors (Lipinski definition) is 4. The fourth-order valence-corrected chi connectivity index (χ4v) is 2.65. The third-order valence-electron chi connectivity index (χ3n) is 3.61. The smallest absolute Gasteiger partial charge is 0.126 e. The summed E-state index contributed by atoms with van der Waals surface area (Å²) in [6.45, 7) is 5.61. The van der Waals surface area contributed by atoms with Crippen LogP contribution in [0.1, 0.15) is 19.4 Å². The van der Waals surface area contributed by atoms with Crippen molar-refractivity contribution >= 4 is 22.4 Å². The van der Waals surface area contributed by atoms with E-state index in [1.807, 2.05) is 24.3 Å². The van der Waals surface area contributed by atoms with Gasteiger partial charge < -0.3 is 15.4 Å². The fraction of sp³-hybridized carbons (Fsp3) is 0.375. The molecule has 1 unspecified atom stereocenters. The highest BCUT2D eigenvalue weighted by Crippen LogP contribution is 2.30. The zero-order valence-electron chi connectivity index (χ0n) is 12.8. The molecule has 112 valence electrons. The number of pyridine rings is 1. The van der Waals surface area contributed by atoms with Crippen LogP contribution in [-0.2, 0) is 4.74 Å². The van der Waals surface area contributed by atoms with E-state index >= 15 is 0 Å². The Morgan fingerprint density at radius 3 is 2.76 bits per heavy atom. The van der Waals surface area contributed by atoms with E-state index in [1.54, 1.807) is 13.3 Å². The fourth-order valence-electron chi connectivity index (χ4n) is 2.65. The van der Waals surface area contributed by atoms with Crippen LogP contribution in [-0.4, -0.2) is 37.1 Å². The second-order valence-corrected chi connectivity index (χ2v) is 5.04. The first-order chi connectivity index (χ1) is 10.1. The molecule has 0 saturated carbocycles. The molecule has 2 aromatic rings. The van der Waals surface area contributed by atoms with E-state index in [4.69, 9.17) is 15.9 Å². The summed E-state index contributed by atoms with van der Waals surface area (Å²) in [7, 11) is 1.70. The quantitative estimate of drug-likeness (QED) is 0.631. The summed E-state index contributed by atoms with van der Waals surface area (Å²) in [5.74, 6) is 0.0336. The standard InChI is InChI=1S/C16H22N4O/c1-4-20(11(2)10-21-3)15-12-7-5-6-8-14(12)19-9-13(15)16(17)18/h5-9,11H,4,10H2,1-3H3,(H3,17,18). The average molecular weight is 286 g/mol. The Morgan fingerprint density at radius 2 is 2.14 bits per heavy atom. The van der Waals surface area contributed by atoms with Crippen molar-refractivity contribution in [2.45, 2.75) is 19.9 Å². The minimum Gasteiger partial charge on any atom is -0.384 e. The van der Waals surface area contributed by atoms with E-state index < -0.39 is 0 Å². The number of aromatic nitrogens is 1. The summed E-state index contributed by atoms with van der Waals surface area (Å²) in [4.78, 5) is 6.62. The van der Waals surface area contributed by atoms with Gasteiger partial charge >= 0.3 is 0 Å². The normalized spacial score (nSPS) is 12.3. The molecular formula is C16H22N4O. The van der Waals surface area contributed by atoms with Crippen LogP contribution in [0.15, 0.2) is 30.5 Å². The third kappa shape index (κ3) is 2.97. The van der Waals surface area contributed by atoms with Gasteiger partial charge in [-0.05, 0) is 19.9 Å². The first-order valence-electron chi connectivity index (χ1n) is 7.07. The number of hydrogen-bond donors (Lipinski definition) is 2. The molecule has 0 fully saturated rings. The molecule has 0 aliphatic carbocycles. The second-order valence-electron chi connectivity index (χ2n) is 5.04. The van der Waals surface area contributed by atoms with Gasteiger partial charge in [-0.25, -0.2) is 0 Å². The van der Waals surface area contributed by atoms with E-state index in [9.17, 15) is 0 Å². The first-order valence-corrected chi connectivity index (χ1v) is 7.07. The van der Waals surface area contributed by atoms with Gasteiger partial charge in [0.2, 0.25) is 0 Å². The number of nitrogens with zero attached hydrogens (tertiary/aromatic N) is 2. The molecule has 0 amide bonds. The number of para-hydroxylation sites is 1. The topological polar surface area (TPSA) is 75.2 Å². The maximum atomic E-state index is 7.84. The Hall–Kier alpha value is -2.14. The van der Waals surface area contributed by atoms with Gasteiger partial charge in [0.05, 0.1) is 23.4 Å². The Bertz CT molecular complexity index is 641. The second kappa shape index (κ2) is 6.54. The molecule has 0 bridgehead atoms. The summed E-state index contributed by atoms with van der Waals surface area (Å²) in [5.41, 5.74) is 8.28. The highest BCUT2D eigenvalue weighted by molar-refractivity contribution is 6.07. The first kappa shape index (κ1) is 15.3. The van der Waals surface area contributed by atoms with Crippen molar-refractivity contribution in [3.63, 3.8) is 0 Å². The summed E-state index contributed by atoms with van der Waals surface area (Å²) < 4.78 is 5.28. The average Bonchev–Trinajstić information content (AvgIpc) is 2.48. The van der Waals surface area contributed by atoms with Crippen LogP contribution >= 0.6 is 0 Å². The van der Waals surface area contributed by atoms with Gasteiger partial charge in [0.15, 0.2) is 0 Å². The summed E-state index contributed by atoms with van der Waals surface area (Å²) >= 11 is 0. The molecule has 5 heteroatoms. The van der Waals surface area contributed by atoms with E-state index in [0.717, 1.165) is 23.1 Å². The lowest BCUT2D eigenvalue weighted by atomic mass is 10.1. The molecule has 0 aliphatic rings. The number of rotatable bonds is 6. The number of ether oxygens (including phenoxy) is 1. The largest absolute Gasteiger partial charge is 0.384 e. The van der Waals surface area contributed by atoms with Crippen molar-refractivity contribution < 1.29 is 4.74 Å². The number of methoxy groups -OCH3 is 1. The molecule has 1 atom stereocenters. The zero-order valence-corrected chi connectivity index (χ0v) is 12.8. The van der Waals surface area contributed by atoms with Crippen LogP contribution in [0.4, 0.5) is 5.69 Å². The number of amidine groups is 1. The Kier molecular flexibility index (Phi) is 4.75. The van der Waals surface area contributed by atoms with Gasteiger partial charge in [-0.3, -0.25) is 10.4 Å². The van der Waals surface area contributed by atoms with Crippen LogP contribution < -0.4 is 10.6 Å². The van der Waals surface area contributed by atoms with Crippen molar-refractivity contribution in [2.75, 3.05) is 25.2 Å². The lowest BCUT2D eigenvalue weighted by Crippen LogP contribution is -2.37. The van der Waals surface area contributed by atoms with Crippen molar-refractivity contribution in [3.8, 4) is 0 Å². The van der Waals surface area contributed by atoms with Gasteiger partial charge in [-0.1, -0.05) is 18.2 Å². The van der Waals surface area contributed by atoms with E-state index in [0.29, 0.717) is 12.2 Å². The maximum Gasteiger partial charge on any atom is 0.126 e. The van der Waals surface area contributed by atoms with Crippen molar-refractivity contribution in [1.82, 2.24) is 4.98 Å². The predicted octanol–water partition coefficient (Wildman–Crippen LogP) is 2.38. The third-order valence-corrected chi connectivity index (χ3v) is 3.61. The number of nitrogens with two attached hydrogens (primary N) is 1. The predicted molar refractivity (Wildman–Crippen MR) is 87.1 cm³/mol. The Labute approximate surface area is 125 Å². The number of nitrogen functional groups attached to an aromatic ring is 1. The molecular weight excluding hydrogens is 264 g/mol. The monoisotopic (exact) mass is 286 g/mol. The summed E-state index contributed by atoms with van der Waals surface area (Å²) in [6, 6.07) is 8.11. The number of benzene rings is 1. The van der Waals surface area contributed by atoms with E-state index in [1.165, 1.54) is 0 Å². The van der Waals surface area contributed by atoms with Crippen LogP contribution in [0, 0.1) is 5.41 Å². The lowest BCUT2D eigenvalue weighted by molar-refractivity contribution is 0.182. The number of fused-ring (bicyclic) bond motifs is 1. The molecule has 21 heavy (non-hydrogen) atoms. The molecule has 0 spiro atoms. The van der Waals surface area contributed by atoms with Gasteiger partial charge in [0.1, 0.15) is 5.84 Å². The molecule has 1 aromatic heterocycles. The minimum atomic E-state index is 0.0336. The number of nitrogens with one attached hydrogen (secondary N) is 1. The highest BCUT2D eigenvalue weighted by atomic mass is 16.5. The minimum absolute atomic E-state index is 0.0336. The van der Waals surface area contributed by atoms with Crippen molar-refractivity contribution in [1.29, 1.82) is 5.41 Å². The molecule has 0 radical (unpaired) electrons. The summed E-state index contributed by atoms with van der Waals surface area (Å²) in [6.07, 6.45) is 1.68. The van der Waals surface area contributed by atoms with Crippen LogP contribution in [0.5, 0.6) is 0 Å². The van der Waals surface area contributed by atoms with Gasteiger partial charge in [0, 0.05) is 31.3 Å².